The SMILES string of the molecule is Cc1ccc(CC(=O)N2CCC[C@@H]2CO)cc1O. The number of rotatable bonds is 3. The number of aryl methyl sites for hydroxylation is 1. The van der Waals surface area contributed by atoms with Gasteiger partial charge in [-0.15, -0.1) is 0 Å². The predicted octanol–water partition coefficient (Wildman–Crippen LogP) is 1.23. The van der Waals surface area contributed by atoms with Crippen molar-refractivity contribution in [2.75, 3.05) is 13.2 Å². The molecule has 1 aliphatic heterocycles. The van der Waals surface area contributed by atoms with E-state index in [1.165, 1.54) is 0 Å². The number of likely N-dealkylation sites (tertiary alicyclic amines) is 1. The second kappa shape index (κ2) is 5.40. The molecule has 1 aliphatic rings. The highest BCUT2D eigenvalue weighted by atomic mass is 16.3. The summed E-state index contributed by atoms with van der Waals surface area (Å²) in [6, 6.07) is 5.27. The summed E-state index contributed by atoms with van der Waals surface area (Å²) in [5.74, 6) is 0.246. The van der Waals surface area contributed by atoms with Crippen LogP contribution in [0.15, 0.2) is 18.2 Å². The first kappa shape index (κ1) is 12.9. The Balaban J connectivity index is 2.04. The van der Waals surface area contributed by atoms with E-state index >= 15 is 0 Å². The molecule has 1 atom stereocenters. The fourth-order valence-electron chi connectivity index (χ4n) is 2.39. The maximum atomic E-state index is 12.1. The first-order valence-corrected chi connectivity index (χ1v) is 6.30. The topological polar surface area (TPSA) is 60.8 Å². The number of benzene rings is 1. The molecule has 0 bridgehead atoms. The molecule has 0 radical (unpaired) electrons. The lowest BCUT2D eigenvalue weighted by molar-refractivity contribution is -0.131. The molecule has 18 heavy (non-hydrogen) atoms. The van der Waals surface area contributed by atoms with Crippen LogP contribution in [-0.2, 0) is 11.2 Å². The average Bonchev–Trinajstić information content (AvgIpc) is 2.82. The van der Waals surface area contributed by atoms with Gasteiger partial charge >= 0.3 is 0 Å². The molecular weight excluding hydrogens is 230 g/mol. The number of carbonyl (C=O) groups excluding carboxylic acids is 1. The first-order chi connectivity index (χ1) is 8.61. The highest BCUT2D eigenvalue weighted by Gasteiger charge is 2.27. The maximum Gasteiger partial charge on any atom is 0.227 e. The lowest BCUT2D eigenvalue weighted by atomic mass is 10.1. The van der Waals surface area contributed by atoms with Crippen LogP contribution in [0.3, 0.4) is 0 Å². The van der Waals surface area contributed by atoms with Gasteiger partial charge in [-0.05, 0) is 37.0 Å². The van der Waals surface area contributed by atoms with Crippen LogP contribution in [0.2, 0.25) is 0 Å². The van der Waals surface area contributed by atoms with E-state index in [0.717, 1.165) is 30.5 Å². The van der Waals surface area contributed by atoms with E-state index in [0.29, 0.717) is 0 Å². The summed E-state index contributed by atoms with van der Waals surface area (Å²) in [5, 5.41) is 18.8. The number of aliphatic hydroxyl groups excluding tert-OH is 1. The van der Waals surface area contributed by atoms with Crippen LogP contribution in [0.1, 0.15) is 24.0 Å². The third-order valence-corrected chi connectivity index (χ3v) is 3.54. The largest absolute Gasteiger partial charge is 0.508 e. The predicted molar refractivity (Wildman–Crippen MR) is 68.4 cm³/mol. The van der Waals surface area contributed by atoms with E-state index < -0.39 is 0 Å². The number of hydrogen-bond acceptors (Lipinski definition) is 3. The van der Waals surface area contributed by atoms with Gasteiger partial charge in [0.25, 0.3) is 0 Å². The molecule has 4 heteroatoms. The average molecular weight is 249 g/mol. The van der Waals surface area contributed by atoms with E-state index in [-0.39, 0.29) is 30.7 Å². The van der Waals surface area contributed by atoms with E-state index in [1.807, 2.05) is 19.1 Å². The number of aliphatic hydroxyl groups is 1. The van der Waals surface area contributed by atoms with Gasteiger partial charge in [0.2, 0.25) is 5.91 Å². The van der Waals surface area contributed by atoms with E-state index in [9.17, 15) is 15.0 Å². The molecule has 1 saturated heterocycles. The summed E-state index contributed by atoms with van der Waals surface area (Å²) < 4.78 is 0. The molecule has 0 saturated carbocycles. The molecule has 0 aromatic heterocycles. The fraction of sp³-hybridized carbons (Fsp3) is 0.500. The van der Waals surface area contributed by atoms with Gasteiger partial charge < -0.3 is 15.1 Å². The summed E-state index contributed by atoms with van der Waals surface area (Å²) in [6.07, 6.45) is 2.11. The van der Waals surface area contributed by atoms with Gasteiger partial charge in [0, 0.05) is 6.54 Å². The highest BCUT2D eigenvalue weighted by molar-refractivity contribution is 5.79. The van der Waals surface area contributed by atoms with Crippen molar-refractivity contribution in [3.63, 3.8) is 0 Å². The summed E-state index contributed by atoms with van der Waals surface area (Å²) in [4.78, 5) is 13.9. The monoisotopic (exact) mass is 249 g/mol. The Morgan fingerprint density at radius 2 is 2.28 bits per heavy atom. The molecule has 0 unspecified atom stereocenters. The van der Waals surface area contributed by atoms with Crippen molar-refractivity contribution in [1.29, 1.82) is 0 Å². The standard InChI is InChI=1S/C14H19NO3/c1-10-4-5-11(7-13(10)17)8-14(18)15-6-2-3-12(15)9-16/h4-5,7,12,16-17H,2-3,6,8-9H2,1H3/t12-/m1/s1. The van der Waals surface area contributed by atoms with Crippen LogP contribution < -0.4 is 0 Å². The number of amides is 1. The zero-order valence-corrected chi connectivity index (χ0v) is 10.6. The van der Waals surface area contributed by atoms with Crippen LogP contribution in [0, 0.1) is 6.92 Å². The lowest BCUT2D eigenvalue weighted by Gasteiger charge is -2.23. The van der Waals surface area contributed by atoms with Gasteiger partial charge in [0.1, 0.15) is 5.75 Å². The molecule has 1 fully saturated rings. The molecule has 1 aromatic rings. The lowest BCUT2D eigenvalue weighted by Crippen LogP contribution is -2.38. The van der Waals surface area contributed by atoms with Crippen molar-refractivity contribution >= 4 is 5.91 Å². The molecule has 1 heterocycles. The minimum absolute atomic E-state index is 0.0230. The Labute approximate surface area is 107 Å². The van der Waals surface area contributed by atoms with Crippen LogP contribution >= 0.6 is 0 Å². The van der Waals surface area contributed by atoms with Crippen LogP contribution in [0.25, 0.3) is 0 Å². The Bertz CT molecular complexity index is 445. The molecule has 0 spiro atoms. The van der Waals surface area contributed by atoms with Gasteiger partial charge in [-0.2, -0.15) is 0 Å². The van der Waals surface area contributed by atoms with Gasteiger partial charge in [-0.3, -0.25) is 4.79 Å². The van der Waals surface area contributed by atoms with Crippen molar-refractivity contribution in [3.8, 4) is 5.75 Å². The number of aromatic hydroxyl groups is 1. The Morgan fingerprint density at radius 1 is 1.50 bits per heavy atom. The Kier molecular flexibility index (Phi) is 3.87. The molecule has 4 nitrogen and oxygen atoms in total. The molecule has 1 amide bonds. The number of carbonyl (C=O) groups is 1. The third kappa shape index (κ3) is 2.64. The van der Waals surface area contributed by atoms with Crippen LogP contribution in [0.5, 0.6) is 5.75 Å². The van der Waals surface area contributed by atoms with Gasteiger partial charge in [0.05, 0.1) is 19.1 Å². The summed E-state index contributed by atoms with van der Waals surface area (Å²) in [5.41, 5.74) is 1.62. The zero-order valence-electron chi connectivity index (χ0n) is 10.6. The van der Waals surface area contributed by atoms with Crippen molar-refractivity contribution in [1.82, 2.24) is 4.90 Å². The number of phenols is 1. The normalized spacial score (nSPS) is 19.2. The van der Waals surface area contributed by atoms with E-state index in [4.69, 9.17) is 0 Å². The van der Waals surface area contributed by atoms with Crippen molar-refractivity contribution in [2.24, 2.45) is 0 Å². The van der Waals surface area contributed by atoms with Crippen molar-refractivity contribution < 1.29 is 15.0 Å². The molecule has 1 aromatic carbocycles. The van der Waals surface area contributed by atoms with Gasteiger partial charge in [-0.25, -0.2) is 0 Å². The molecule has 2 rings (SSSR count). The van der Waals surface area contributed by atoms with Crippen LogP contribution in [-0.4, -0.2) is 40.2 Å². The quantitative estimate of drug-likeness (QED) is 0.847. The number of hydrogen-bond donors (Lipinski definition) is 2. The molecule has 0 aliphatic carbocycles. The second-order valence-electron chi connectivity index (χ2n) is 4.86. The smallest absolute Gasteiger partial charge is 0.227 e. The Hall–Kier alpha value is -1.55. The highest BCUT2D eigenvalue weighted by Crippen LogP contribution is 2.21. The minimum Gasteiger partial charge on any atom is -0.508 e. The fourth-order valence-corrected chi connectivity index (χ4v) is 2.39. The summed E-state index contributed by atoms with van der Waals surface area (Å²) in [6.45, 7) is 2.58. The van der Waals surface area contributed by atoms with E-state index in [2.05, 4.69) is 0 Å². The molecule has 2 N–H and O–H groups in total. The molecule has 98 valence electrons. The summed E-state index contributed by atoms with van der Waals surface area (Å²) >= 11 is 0. The van der Waals surface area contributed by atoms with Gasteiger partial charge in [-0.1, -0.05) is 12.1 Å². The summed E-state index contributed by atoms with van der Waals surface area (Å²) in [7, 11) is 0. The van der Waals surface area contributed by atoms with Crippen molar-refractivity contribution in [3.05, 3.63) is 29.3 Å². The molecular formula is C14H19NO3. The van der Waals surface area contributed by atoms with Crippen LogP contribution in [0.4, 0.5) is 0 Å². The second-order valence-corrected chi connectivity index (χ2v) is 4.86. The van der Waals surface area contributed by atoms with Crippen molar-refractivity contribution in [2.45, 2.75) is 32.2 Å². The minimum atomic E-state index is -0.0310. The number of phenolic OH excluding ortho intramolecular Hbond substituents is 1. The van der Waals surface area contributed by atoms with E-state index in [1.54, 1.807) is 11.0 Å². The Morgan fingerprint density at radius 3 is 2.94 bits per heavy atom. The third-order valence-electron chi connectivity index (χ3n) is 3.54. The first-order valence-electron chi connectivity index (χ1n) is 6.30. The number of nitrogens with zero attached hydrogens (tertiary/aromatic N) is 1. The maximum absolute atomic E-state index is 12.1. The van der Waals surface area contributed by atoms with Gasteiger partial charge in [0.15, 0.2) is 0 Å². The zero-order chi connectivity index (χ0) is 13.1.